The van der Waals surface area contributed by atoms with E-state index in [0.717, 1.165) is 4.47 Å². The van der Waals surface area contributed by atoms with Crippen LogP contribution in [0, 0.1) is 0 Å². The third kappa shape index (κ3) is 2.05. The molecule has 0 aliphatic rings. The lowest BCUT2D eigenvalue weighted by Gasteiger charge is -1.96. The molecule has 0 unspecified atom stereocenters. The van der Waals surface area contributed by atoms with Gasteiger partial charge < -0.3 is 5.73 Å². The molecular formula is C11H10BrNS. The van der Waals surface area contributed by atoms with Gasteiger partial charge in [-0.2, -0.15) is 0 Å². The Balaban J connectivity index is 2.34. The standard InChI is InChI=1S/C11H10BrNS/c12-9-3-1-8(2-4-9)11-6-5-10(7-13)14-11/h1-6H,7,13H2. The van der Waals surface area contributed by atoms with Crippen molar-refractivity contribution in [2.75, 3.05) is 0 Å². The van der Waals surface area contributed by atoms with Crippen LogP contribution in [0.2, 0.25) is 0 Å². The largest absolute Gasteiger partial charge is 0.326 e. The lowest BCUT2D eigenvalue weighted by Crippen LogP contribution is -1.90. The van der Waals surface area contributed by atoms with Gasteiger partial charge in [0.2, 0.25) is 0 Å². The molecule has 0 saturated heterocycles. The topological polar surface area (TPSA) is 26.0 Å². The summed E-state index contributed by atoms with van der Waals surface area (Å²) in [5.41, 5.74) is 6.82. The van der Waals surface area contributed by atoms with Crippen LogP contribution in [0.1, 0.15) is 4.88 Å². The molecule has 1 aromatic carbocycles. The average molecular weight is 268 g/mol. The molecule has 2 aromatic rings. The Hall–Kier alpha value is -0.640. The fourth-order valence-corrected chi connectivity index (χ4v) is 2.41. The molecule has 0 spiro atoms. The predicted molar refractivity (Wildman–Crippen MR) is 65.3 cm³/mol. The Morgan fingerprint density at radius 3 is 2.36 bits per heavy atom. The van der Waals surface area contributed by atoms with Gasteiger partial charge >= 0.3 is 0 Å². The second-order valence-corrected chi connectivity index (χ2v) is 5.06. The number of hydrogen-bond donors (Lipinski definition) is 1. The van der Waals surface area contributed by atoms with Gasteiger partial charge in [-0.1, -0.05) is 28.1 Å². The van der Waals surface area contributed by atoms with Crippen LogP contribution in [0.4, 0.5) is 0 Å². The van der Waals surface area contributed by atoms with Gasteiger partial charge in [0.25, 0.3) is 0 Å². The first-order valence-electron chi connectivity index (χ1n) is 4.34. The van der Waals surface area contributed by atoms with Crippen molar-refractivity contribution in [1.82, 2.24) is 0 Å². The van der Waals surface area contributed by atoms with Crippen molar-refractivity contribution in [2.45, 2.75) is 6.54 Å². The van der Waals surface area contributed by atoms with E-state index in [0.29, 0.717) is 6.54 Å². The van der Waals surface area contributed by atoms with E-state index in [4.69, 9.17) is 5.73 Å². The van der Waals surface area contributed by atoms with Gasteiger partial charge in [-0.3, -0.25) is 0 Å². The normalized spacial score (nSPS) is 10.4. The van der Waals surface area contributed by atoms with Gasteiger partial charge in [0.1, 0.15) is 0 Å². The highest BCUT2D eigenvalue weighted by molar-refractivity contribution is 9.10. The first kappa shape index (κ1) is 9.90. The highest BCUT2D eigenvalue weighted by Gasteiger charge is 2.00. The number of hydrogen-bond acceptors (Lipinski definition) is 2. The van der Waals surface area contributed by atoms with Crippen LogP contribution in [0.25, 0.3) is 10.4 Å². The number of benzene rings is 1. The minimum Gasteiger partial charge on any atom is -0.326 e. The maximum absolute atomic E-state index is 5.57. The molecule has 1 aromatic heterocycles. The SMILES string of the molecule is NCc1ccc(-c2ccc(Br)cc2)s1. The molecule has 0 fully saturated rings. The highest BCUT2D eigenvalue weighted by Crippen LogP contribution is 2.28. The molecule has 1 heterocycles. The number of thiophene rings is 1. The van der Waals surface area contributed by atoms with Gasteiger partial charge in [0.05, 0.1) is 0 Å². The molecule has 0 amide bonds. The van der Waals surface area contributed by atoms with E-state index in [-0.39, 0.29) is 0 Å². The van der Waals surface area contributed by atoms with Gasteiger partial charge in [0, 0.05) is 20.8 Å². The van der Waals surface area contributed by atoms with Gasteiger partial charge in [-0.25, -0.2) is 0 Å². The minimum absolute atomic E-state index is 0.626. The van der Waals surface area contributed by atoms with Crippen molar-refractivity contribution in [2.24, 2.45) is 5.73 Å². The molecule has 0 bridgehead atoms. The summed E-state index contributed by atoms with van der Waals surface area (Å²) in [5, 5.41) is 0. The Kier molecular flexibility index (Phi) is 3.01. The van der Waals surface area contributed by atoms with Crippen molar-refractivity contribution in [1.29, 1.82) is 0 Å². The molecule has 0 aliphatic carbocycles. The van der Waals surface area contributed by atoms with E-state index in [2.05, 4.69) is 52.3 Å². The molecule has 0 radical (unpaired) electrons. The molecular weight excluding hydrogens is 258 g/mol. The molecule has 0 saturated carbocycles. The summed E-state index contributed by atoms with van der Waals surface area (Å²) in [7, 11) is 0. The summed E-state index contributed by atoms with van der Waals surface area (Å²) in [4.78, 5) is 2.50. The summed E-state index contributed by atoms with van der Waals surface area (Å²) >= 11 is 5.17. The quantitative estimate of drug-likeness (QED) is 0.884. The van der Waals surface area contributed by atoms with Crippen LogP contribution in [-0.2, 0) is 6.54 Å². The molecule has 2 N–H and O–H groups in total. The minimum atomic E-state index is 0.626. The fourth-order valence-electron chi connectivity index (χ4n) is 1.26. The van der Waals surface area contributed by atoms with Crippen molar-refractivity contribution in [3.8, 4) is 10.4 Å². The van der Waals surface area contributed by atoms with Crippen molar-refractivity contribution >= 4 is 27.3 Å². The van der Waals surface area contributed by atoms with Gasteiger partial charge in [-0.15, -0.1) is 11.3 Å². The van der Waals surface area contributed by atoms with Gasteiger partial charge in [0.15, 0.2) is 0 Å². The molecule has 0 aliphatic heterocycles. The Morgan fingerprint density at radius 1 is 1.07 bits per heavy atom. The zero-order valence-corrected chi connectivity index (χ0v) is 9.94. The maximum atomic E-state index is 5.57. The maximum Gasteiger partial charge on any atom is 0.0346 e. The van der Waals surface area contributed by atoms with E-state index in [1.165, 1.54) is 15.3 Å². The smallest absolute Gasteiger partial charge is 0.0346 e. The predicted octanol–water partition coefficient (Wildman–Crippen LogP) is 3.64. The van der Waals surface area contributed by atoms with Crippen LogP contribution in [0.15, 0.2) is 40.9 Å². The number of rotatable bonds is 2. The average Bonchev–Trinajstić information content (AvgIpc) is 2.67. The van der Waals surface area contributed by atoms with Crippen molar-refractivity contribution < 1.29 is 0 Å². The third-order valence-corrected chi connectivity index (χ3v) is 3.68. The summed E-state index contributed by atoms with van der Waals surface area (Å²) in [6.07, 6.45) is 0. The van der Waals surface area contributed by atoms with E-state index in [9.17, 15) is 0 Å². The van der Waals surface area contributed by atoms with E-state index < -0.39 is 0 Å². The van der Waals surface area contributed by atoms with Crippen LogP contribution in [0.5, 0.6) is 0 Å². The van der Waals surface area contributed by atoms with E-state index >= 15 is 0 Å². The summed E-state index contributed by atoms with van der Waals surface area (Å²) in [6.45, 7) is 0.626. The summed E-state index contributed by atoms with van der Waals surface area (Å²) in [5.74, 6) is 0. The van der Waals surface area contributed by atoms with Crippen LogP contribution >= 0.6 is 27.3 Å². The molecule has 0 atom stereocenters. The number of halogens is 1. The Labute approximate surface area is 95.7 Å². The summed E-state index contributed by atoms with van der Waals surface area (Å²) < 4.78 is 1.11. The lowest BCUT2D eigenvalue weighted by atomic mass is 10.2. The Bertz CT molecular complexity index is 419. The Morgan fingerprint density at radius 2 is 1.79 bits per heavy atom. The van der Waals surface area contributed by atoms with E-state index in [1.807, 2.05) is 0 Å². The fraction of sp³-hybridized carbons (Fsp3) is 0.0909. The second kappa shape index (κ2) is 4.26. The molecule has 1 nitrogen and oxygen atoms in total. The molecule has 14 heavy (non-hydrogen) atoms. The summed E-state index contributed by atoms with van der Waals surface area (Å²) in [6, 6.07) is 12.5. The number of nitrogens with two attached hydrogens (primary N) is 1. The second-order valence-electron chi connectivity index (χ2n) is 2.98. The first-order chi connectivity index (χ1) is 6.79. The third-order valence-electron chi connectivity index (χ3n) is 1.99. The molecule has 3 heteroatoms. The van der Waals surface area contributed by atoms with Crippen LogP contribution < -0.4 is 5.73 Å². The van der Waals surface area contributed by atoms with Crippen LogP contribution in [0.3, 0.4) is 0 Å². The van der Waals surface area contributed by atoms with Gasteiger partial charge in [-0.05, 0) is 29.8 Å². The van der Waals surface area contributed by atoms with E-state index in [1.54, 1.807) is 11.3 Å². The molecule has 72 valence electrons. The van der Waals surface area contributed by atoms with Crippen molar-refractivity contribution in [3.05, 3.63) is 45.7 Å². The first-order valence-corrected chi connectivity index (χ1v) is 5.95. The molecule has 2 rings (SSSR count). The zero-order chi connectivity index (χ0) is 9.97. The van der Waals surface area contributed by atoms with Crippen LogP contribution in [-0.4, -0.2) is 0 Å². The zero-order valence-electron chi connectivity index (χ0n) is 7.53. The monoisotopic (exact) mass is 267 g/mol. The highest BCUT2D eigenvalue weighted by atomic mass is 79.9. The van der Waals surface area contributed by atoms with Crippen molar-refractivity contribution in [3.63, 3.8) is 0 Å². The lowest BCUT2D eigenvalue weighted by molar-refractivity contribution is 1.11.